The lowest BCUT2D eigenvalue weighted by molar-refractivity contribution is -0.135. The highest BCUT2D eigenvalue weighted by Crippen LogP contribution is 2.14. The average molecular weight is 309 g/mol. The summed E-state index contributed by atoms with van der Waals surface area (Å²) in [6.07, 6.45) is 0. The van der Waals surface area contributed by atoms with E-state index < -0.39 is 0 Å². The molecule has 1 aromatic carbocycles. The highest BCUT2D eigenvalue weighted by molar-refractivity contribution is 6.30. The molecule has 1 fully saturated rings. The van der Waals surface area contributed by atoms with Gasteiger partial charge in [-0.25, -0.2) is 0 Å². The van der Waals surface area contributed by atoms with Crippen molar-refractivity contribution in [3.8, 4) is 0 Å². The number of carbonyl (C=O) groups excluding carboxylic acids is 1. The summed E-state index contributed by atoms with van der Waals surface area (Å²) in [7, 11) is 5.62. The third-order valence-corrected chi connectivity index (χ3v) is 3.74. The first-order chi connectivity index (χ1) is 10.0. The lowest BCUT2D eigenvalue weighted by Gasteiger charge is -2.37. The second kappa shape index (κ2) is 6.80. The lowest BCUT2D eigenvalue weighted by atomic mass is 10.2. The van der Waals surface area contributed by atoms with Gasteiger partial charge in [-0.15, -0.1) is 0 Å². The van der Waals surface area contributed by atoms with Crippen LogP contribution in [0.2, 0.25) is 5.02 Å². The molecule has 0 unspecified atom stereocenters. The SMILES string of the molecule is CN=C(N(C)C)N1CCN(Cc2ccc(Cl)cc2)C(=O)C1. The third-order valence-electron chi connectivity index (χ3n) is 3.49. The number of rotatable bonds is 2. The van der Waals surface area contributed by atoms with Crippen molar-refractivity contribution in [3.63, 3.8) is 0 Å². The van der Waals surface area contributed by atoms with E-state index in [1.54, 1.807) is 7.05 Å². The minimum atomic E-state index is 0.124. The Kier molecular flexibility index (Phi) is 5.07. The number of carbonyl (C=O) groups is 1. The maximum Gasteiger partial charge on any atom is 0.242 e. The fourth-order valence-electron chi connectivity index (χ4n) is 2.48. The molecule has 6 heteroatoms. The fourth-order valence-corrected chi connectivity index (χ4v) is 2.61. The molecule has 1 aromatic rings. The average Bonchev–Trinajstić information content (AvgIpc) is 2.44. The number of aliphatic imine (C=N–C) groups is 1. The molecule has 1 heterocycles. The van der Waals surface area contributed by atoms with Crippen molar-refractivity contribution in [2.45, 2.75) is 6.54 Å². The Hall–Kier alpha value is -1.75. The molecule has 0 aliphatic carbocycles. The number of benzene rings is 1. The number of guanidine groups is 1. The van der Waals surface area contributed by atoms with Crippen LogP contribution in [0.4, 0.5) is 0 Å². The number of nitrogens with zero attached hydrogens (tertiary/aromatic N) is 4. The van der Waals surface area contributed by atoms with Crippen molar-refractivity contribution in [2.24, 2.45) is 4.99 Å². The van der Waals surface area contributed by atoms with Crippen LogP contribution in [-0.2, 0) is 11.3 Å². The van der Waals surface area contributed by atoms with E-state index in [0.717, 1.165) is 18.1 Å². The summed E-state index contributed by atoms with van der Waals surface area (Å²) in [6.45, 7) is 2.50. The maximum atomic E-state index is 12.3. The standard InChI is InChI=1S/C15H21ClN4O/c1-17-15(18(2)3)20-9-8-19(14(21)11-20)10-12-4-6-13(16)7-5-12/h4-7H,8-11H2,1-3H3. The summed E-state index contributed by atoms with van der Waals surface area (Å²) < 4.78 is 0. The quantitative estimate of drug-likeness (QED) is 0.614. The first-order valence-electron chi connectivity index (χ1n) is 6.92. The molecule has 5 nitrogen and oxygen atoms in total. The smallest absolute Gasteiger partial charge is 0.242 e. The van der Waals surface area contributed by atoms with Gasteiger partial charge in [-0.05, 0) is 17.7 Å². The molecule has 1 saturated heterocycles. The minimum Gasteiger partial charge on any atom is -0.349 e. The summed E-state index contributed by atoms with van der Waals surface area (Å²) in [4.78, 5) is 22.4. The van der Waals surface area contributed by atoms with Gasteiger partial charge >= 0.3 is 0 Å². The van der Waals surface area contributed by atoms with Crippen LogP contribution in [0, 0.1) is 0 Å². The molecule has 0 atom stereocenters. The molecule has 2 rings (SSSR count). The Morgan fingerprint density at radius 2 is 1.95 bits per heavy atom. The number of hydrogen-bond donors (Lipinski definition) is 0. The number of amides is 1. The van der Waals surface area contributed by atoms with Crippen LogP contribution in [0.15, 0.2) is 29.3 Å². The van der Waals surface area contributed by atoms with Crippen LogP contribution in [0.25, 0.3) is 0 Å². The van der Waals surface area contributed by atoms with Gasteiger partial charge in [0.25, 0.3) is 0 Å². The van der Waals surface area contributed by atoms with Crippen molar-refractivity contribution >= 4 is 23.5 Å². The van der Waals surface area contributed by atoms with Crippen LogP contribution in [0.5, 0.6) is 0 Å². The topological polar surface area (TPSA) is 39.1 Å². The first-order valence-corrected chi connectivity index (χ1v) is 7.30. The molecule has 0 bridgehead atoms. The number of hydrogen-bond acceptors (Lipinski definition) is 2. The Bertz CT molecular complexity index is 527. The van der Waals surface area contributed by atoms with Crippen molar-refractivity contribution in [1.29, 1.82) is 0 Å². The summed E-state index contributed by atoms with van der Waals surface area (Å²) in [5.74, 6) is 0.966. The fraction of sp³-hybridized carbons (Fsp3) is 0.467. The summed E-state index contributed by atoms with van der Waals surface area (Å²) >= 11 is 5.88. The number of piperazine rings is 1. The van der Waals surface area contributed by atoms with Gasteiger partial charge < -0.3 is 14.7 Å². The molecule has 21 heavy (non-hydrogen) atoms. The van der Waals surface area contributed by atoms with E-state index in [4.69, 9.17) is 11.6 Å². The molecular formula is C15H21ClN4O. The second-order valence-electron chi connectivity index (χ2n) is 5.28. The molecule has 114 valence electrons. The van der Waals surface area contributed by atoms with Crippen LogP contribution < -0.4 is 0 Å². The zero-order chi connectivity index (χ0) is 15.4. The van der Waals surface area contributed by atoms with Crippen molar-refractivity contribution in [1.82, 2.24) is 14.7 Å². The molecular weight excluding hydrogens is 288 g/mol. The van der Waals surface area contributed by atoms with E-state index in [9.17, 15) is 4.79 Å². The predicted molar refractivity (Wildman–Crippen MR) is 85.5 cm³/mol. The number of halogens is 1. The summed E-state index contributed by atoms with van der Waals surface area (Å²) in [6, 6.07) is 7.62. The maximum absolute atomic E-state index is 12.3. The minimum absolute atomic E-state index is 0.124. The van der Waals surface area contributed by atoms with Gasteiger partial charge in [0.2, 0.25) is 5.91 Å². The van der Waals surface area contributed by atoms with E-state index in [2.05, 4.69) is 4.99 Å². The van der Waals surface area contributed by atoms with Crippen molar-refractivity contribution in [3.05, 3.63) is 34.9 Å². The third kappa shape index (κ3) is 3.88. The molecule has 0 aromatic heterocycles. The van der Waals surface area contributed by atoms with Gasteiger partial charge in [-0.2, -0.15) is 0 Å². The Labute approximate surface area is 130 Å². The lowest BCUT2D eigenvalue weighted by Crippen LogP contribution is -2.54. The second-order valence-corrected chi connectivity index (χ2v) is 5.72. The highest BCUT2D eigenvalue weighted by Gasteiger charge is 2.26. The molecule has 0 N–H and O–H groups in total. The summed E-state index contributed by atoms with van der Waals surface area (Å²) in [5.41, 5.74) is 1.10. The highest BCUT2D eigenvalue weighted by atomic mass is 35.5. The van der Waals surface area contributed by atoms with E-state index in [-0.39, 0.29) is 5.91 Å². The summed E-state index contributed by atoms with van der Waals surface area (Å²) in [5, 5.41) is 0.713. The van der Waals surface area contributed by atoms with E-state index in [1.165, 1.54) is 0 Å². The van der Waals surface area contributed by atoms with Gasteiger partial charge in [0.1, 0.15) is 0 Å². The Morgan fingerprint density at radius 3 is 2.48 bits per heavy atom. The Balaban J connectivity index is 1.98. The predicted octanol–water partition coefficient (Wildman–Crippen LogP) is 1.53. The van der Waals surface area contributed by atoms with Crippen LogP contribution in [0.3, 0.4) is 0 Å². The first kappa shape index (κ1) is 15.6. The molecule has 0 saturated carbocycles. The van der Waals surface area contributed by atoms with Gasteiger partial charge in [0.15, 0.2) is 5.96 Å². The van der Waals surface area contributed by atoms with Crippen LogP contribution >= 0.6 is 11.6 Å². The van der Waals surface area contributed by atoms with Gasteiger partial charge in [0, 0.05) is 45.8 Å². The van der Waals surface area contributed by atoms with Crippen LogP contribution in [-0.4, -0.2) is 67.3 Å². The molecule has 1 aliphatic rings. The zero-order valence-corrected chi connectivity index (χ0v) is 13.5. The normalized spacial score (nSPS) is 16.4. The van der Waals surface area contributed by atoms with Crippen LogP contribution in [0.1, 0.15) is 5.56 Å². The van der Waals surface area contributed by atoms with Crippen molar-refractivity contribution < 1.29 is 4.79 Å². The van der Waals surface area contributed by atoms with E-state index in [1.807, 2.05) is 53.1 Å². The molecule has 1 aliphatic heterocycles. The van der Waals surface area contributed by atoms with E-state index >= 15 is 0 Å². The zero-order valence-electron chi connectivity index (χ0n) is 12.7. The Morgan fingerprint density at radius 1 is 1.29 bits per heavy atom. The van der Waals surface area contributed by atoms with Crippen molar-refractivity contribution in [2.75, 3.05) is 40.8 Å². The van der Waals surface area contributed by atoms with Gasteiger partial charge in [-0.1, -0.05) is 23.7 Å². The van der Waals surface area contributed by atoms with Gasteiger partial charge in [-0.3, -0.25) is 9.79 Å². The molecule has 0 spiro atoms. The molecule has 1 amide bonds. The largest absolute Gasteiger partial charge is 0.349 e. The monoisotopic (exact) mass is 308 g/mol. The van der Waals surface area contributed by atoms with E-state index in [0.29, 0.717) is 24.7 Å². The molecule has 0 radical (unpaired) electrons. The van der Waals surface area contributed by atoms with Gasteiger partial charge in [0.05, 0.1) is 6.54 Å².